The van der Waals surface area contributed by atoms with Gasteiger partial charge in [0.1, 0.15) is 5.25 Å². The van der Waals surface area contributed by atoms with Gasteiger partial charge in [0.2, 0.25) is 11.1 Å². The first kappa shape index (κ1) is 20.8. The Labute approximate surface area is 185 Å². The number of hydrogen-bond donors (Lipinski definition) is 2. The highest BCUT2D eigenvalue weighted by Gasteiger charge is 2.37. The van der Waals surface area contributed by atoms with Crippen molar-refractivity contribution in [1.29, 1.82) is 0 Å². The molecule has 0 fully saturated rings. The molecule has 0 spiro atoms. The average Bonchev–Trinajstić information content (AvgIpc) is 3.12. The molecule has 0 radical (unpaired) electrons. The zero-order valence-corrected chi connectivity index (χ0v) is 18.7. The molecule has 0 aliphatic carbocycles. The number of nitrogens with one attached hydrogen (secondary N) is 2. The second-order valence-corrected chi connectivity index (χ2v) is 9.01. The highest BCUT2D eigenvalue weighted by molar-refractivity contribution is 8.00. The predicted molar refractivity (Wildman–Crippen MR) is 122 cm³/mol. The van der Waals surface area contributed by atoms with Crippen molar-refractivity contribution in [2.24, 2.45) is 0 Å². The van der Waals surface area contributed by atoms with Crippen LogP contribution in [0.15, 0.2) is 47.6 Å². The molecule has 1 aromatic heterocycles. The first-order valence-corrected chi connectivity index (χ1v) is 11.2. The maximum absolute atomic E-state index is 13.3. The molecule has 30 heavy (non-hydrogen) atoms. The molecule has 3 aromatic rings. The van der Waals surface area contributed by atoms with E-state index in [0.29, 0.717) is 10.2 Å². The largest absolute Gasteiger partial charge is 0.325 e. The SMILES string of the molecule is CCCc1nnc2n1N[C@H](c1ccc(Cl)cc1)[C@@H](C(=O)Nc1ccc(C)c(C)c1)S2. The third-order valence-corrected chi connectivity index (χ3v) is 6.71. The van der Waals surface area contributed by atoms with Gasteiger partial charge in [-0.05, 0) is 61.2 Å². The molecule has 6 nitrogen and oxygen atoms in total. The molecule has 1 amide bonds. The van der Waals surface area contributed by atoms with Crippen molar-refractivity contribution >= 4 is 35.0 Å². The first-order valence-electron chi connectivity index (χ1n) is 9.97. The fourth-order valence-corrected chi connectivity index (χ4v) is 4.66. The van der Waals surface area contributed by atoms with Crippen LogP contribution in [0.4, 0.5) is 5.69 Å². The number of nitrogens with zero attached hydrogens (tertiary/aromatic N) is 3. The summed E-state index contributed by atoms with van der Waals surface area (Å²) >= 11 is 7.51. The van der Waals surface area contributed by atoms with Gasteiger partial charge >= 0.3 is 0 Å². The molecule has 2 heterocycles. The van der Waals surface area contributed by atoms with Crippen LogP contribution in [-0.2, 0) is 11.2 Å². The van der Waals surface area contributed by atoms with Gasteiger partial charge in [-0.2, -0.15) is 0 Å². The predicted octanol–water partition coefficient (Wildman–Crippen LogP) is 4.90. The zero-order valence-electron chi connectivity index (χ0n) is 17.1. The van der Waals surface area contributed by atoms with Crippen molar-refractivity contribution < 1.29 is 4.79 Å². The van der Waals surface area contributed by atoms with Crippen molar-refractivity contribution in [2.45, 2.75) is 50.1 Å². The summed E-state index contributed by atoms with van der Waals surface area (Å²) in [6.07, 6.45) is 1.78. The fraction of sp³-hybridized carbons (Fsp3) is 0.318. The lowest BCUT2D eigenvalue weighted by Crippen LogP contribution is -2.41. The van der Waals surface area contributed by atoms with Gasteiger partial charge in [-0.15, -0.1) is 10.2 Å². The second-order valence-electron chi connectivity index (χ2n) is 7.47. The average molecular weight is 442 g/mol. The van der Waals surface area contributed by atoms with Gasteiger partial charge in [-0.1, -0.05) is 48.5 Å². The van der Waals surface area contributed by atoms with E-state index in [2.05, 4.69) is 34.8 Å². The lowest BCUT2D eigenvalue weighted by atomic mass is 10.0. The number of thioether (sulfide) groups is 1. The van der Waals surface area contributed by atoms with Crippen LogP contribution in [0.25, 0.3) is 0 Å². The number of rotatable bonds is 5. The standard InChI is InChI=1S/C22H24ClN5OS/c1-4-5-18-25-26-22-28(18)27-19(15-7-9-16(23)10-8-15)20(30-22)21(29)24-17-11-6-13(2)14(3)12-17/h6-12,19-20,27H,4-5H2,1-3H3,(H,24,29)/t19-,20+/m1/s1. The summed E-state index contributed by atoms with van der Waals surface area (Å²) in [7, 11) is 0. The number of amides is 1. The molecule has 0 unspecified atom stereocenters. The quantitative estimate of drug-likeness (QED) is 0.589. The van der Waals surface area contributed by atoms with E-state index in [1.807, 2.05) is 54.1 Å². The number of aromatic nitrogens is 3. The third-order valence-electron chi connectivity index (χ3n) is 5.24. The minimum atomic E-state index is -0.418. The normalized spacial score (nSPS) is 17.9. The van der Waals surface area contributed by atoms with Gasteiger partial charge < -0.3 is 10.7 Å². The topological polar surface area (TPSA) is 71.8 Å². The van der Waals surface area contributed by atoms with E-state index in [0.717, 1.165) is 35.5 Å². The van der Waals surface area contributed by atoms with Crippen molar-refractivity contribution in [2.75, 3.05) is 10.7 Å². The molecule has 1 aliphatic heterocycles. The van der Waals surface area contributed by atoms with E-state index in [-0.39, 0.29) is 11.9 Å². The molecule has 0 saturated heterocycles. The van der Waals surface area contributed by atoms with Crippen molar-refractivity contribution in [3.63, 3.8) is 0 Å². The van der Waals surface area contributed by atoms with Crippen LogP contribution in [0, 0.1) is 13.8 Å². The van der Waals surface area contributed by atoms with Gasteiger partial charge in [-0.3, -0.25) is 4.79 Å². The lowest BCUT2D eigenvalue weighted by Gasteiger charge is -2.33. The summed E-state index contributed by atoms with van der Waals surface area (Å²) in [5.74, 6) is 0.786. The Balaban J connectivity index is 1.66. The molecule has 156 valence electrons. The number of fused-ring (bicyclic) bond motifs is 1. The number of hydrogen-bond acceptors (Lipinski definition) is 5. The number of halogens is 1. The molecule has 0 saturated carbocycles. The highest BCUT2D eigenvalue weighted by Crippen LogP contribution is 2.38. The Hall–Kier alpha value is -2.51. The van der Waals surface area contributed by atoms with E-state index in [4.69, 9.17) is 11.6 Å². The van der Waals surface area contributed by atoms with Crippen molar-refractivity contribution in [3.05, 3.63) is 70.0 Å². The molecular formula is C22H24ClN5OS. The Morgan fingerprint density at radius 3 is 2.63 bits per heavy atom. The summed E-state index contributed by atoms with van der Waals surface area (Å²) in [6.45, 7) is 6.20. The number of benzene rings is 2. The number of carbonyl (C=O) groups is 1. The zero-order chi connectivity index (χ0) is 21.3. The number of carbonyl (C=O) groups excluding carboxylic acids is 1. The van der Waals surface area contributed by atoms with Crippen LogP contribution < -0.4 is 10.7 Å². The Morgan fingerprint density at radius 1 is 1.17 bits per heavy atom. The summed E-state index contributed by atoms with van der Waals surface area (Å²) in [4.78, 5) is 13.3. The van der Waals surface area contributed by atoms with E-state index >= 15 is 0 Å². The van der Waals surface area contributed by atoms with Gasteiger partial charge in [0.05, 0.1) is 6.04 Å². The van der Waals surface area contributed by atoms with Crippen LogP contribution in [0.2, 0.25) is 5.02 Å². The minimum absolute atomic E-state index is 0.0815. The van der Waals surface area contributed by atoms with Crippen LogP contribution in [0.3, 0.4) is 0 Å². The fourth-order valence-electron chi connectivity index (χ4n) is 3.44. The van der Waals surface area contributed by atoms with E-state index in [9.17, 15) is 4.79 Å². The Bertz CT molecular complexity index is 1070. The van der Waals surface area contributed by atoms with Gasteiger partial charge in [0.15, 0.2) is 5.82 Å². The highest BCUT2D eigenvalue weighted by atomic mass is 35.5. The van der Waals surface area contributed by atoms with Crippen LogP contribution in [0.5, 0.6) is 0 Å². The molecule has 2 aromatic carbocycles. The molecule has 1 aliphatic rings. The first-order chi connectivity index (χ1) is 14.5. The lowest BCUT2D eigenvalue weighted by molar-refractivity contribution is -0.116. The summed E-state index contributed by atoms with van der Waals surface area (Å²) in [6, 6.07) is 13.3. The smallest absolute Gasteiger partial charge is 0.240 e. The Morgan fingerprint density at radius 2 is 1.93 bits per heavy atom. The number of aryl methyl sites for hydroxylation is 3. The molecule has 0 bridgehead atoms. The third kappa shape index (κ3) is 4.18. The molecule has 2 N–H and O–H groups in total. The monoisotopic (exact) mass is 441 g/mol. The van der Waals surface area contributed by atoms with Crippen LogP contribution in [-0.4, -0.2) is 26.0 Å². The number of anilines is 1. The Kier molecular flexibility index (Phi) is 6.01. The van der Waals surface area contributed by atoms with Gasteiger partial charge in [0, 0.05) is 17.1 Å². The maximum Gasteiger partial charge on any atom is 0.240 e. The van der Waals surface area contributed by atoms with E-state index in [1.165, 1.54) is 17.3 Å². The van der Waals surface area contributed by atoms with Crippen LogP contribution in [0.1, 0.15) is 41.9 Å². The van der Waals surface area contributed by atoms with Gasteiger partial charge in [-0.25, -0.2) is 4.68 Å². The molecule has 4 rings (SSSR count). The summed E-state index contributed by atoms with van der Waals surface area (Å²) < 4.78 is 1.91. The molecule has 2 atom stereocenters. The molecular weight excluding hydrogens is 418 g/mol. The second kappa shape index (κ2) is 8.70. The minimum Gasteiger partial charge on any atom is -0.325 e. The summed E-state index contributed by atoms with van der Waals surface area (Å²) in [5.41, 5.74) is 7.57. The summed E-state index contributed by atoms with van der Waals surface area (Å²) in [5, 5.41) is 12.6. The van der Waals surface area contributed by atoms with Crippen molar-refractivity contribution in [3.8, 4) is 0 Å². The maximum atomic E-state index is 13.3. The van der Waals surface area contributed by atoms with Gasteiger partial charge in [0.25, 0.3) is 0 Å². The van der Waals surface area contributed by atoms with E-state index in [1.54, 1.807) is 0 Å². The van der Waals surface area contributed by atoms with Crippen molar-refractivity contribution in [1.82, 2.24) is 14.9 Å². The van der Waals surface area contributed by atoms with E-state index < -0.39 is 5.25 Å². The molecule has 8 heteroatoms. The van der Waals surface area contributed by atoms with Crippen LogP contribution >= 0.6 is 23.4 Å².